The van der Waals surface area contributed by atoms with Gasteiger partial charge in [-0.25, -0.2) is 13.1 Å². The summed E-state index contributed by atoms with van der Waals surface area (Å²) in [6.07, 6.45) is -0.339. The number of aliphatic carboxylic acids is 2. The number of carboxylic acid groups (broad SMARTS) is 2. The molecule has 50 heavy (non-hydrogen) atoms. The molecule has 268 valence electrons. The zero-order chi connectivity index (χ0) is 36.4. The molecule has 12 nitrogen and oxygen atoms in total. The van der Waals surface area contributed by atoms with Crippen molar-refractivity contribution < 1.29 is 33.0 Å². The third kappa shape index (κ3) is 7.69. The van der Waals surface area contributed by atoms with Gasteiger partial charge in [-0.3, -0.25) is 9.59 Å². The number of rotatable bonds is 14. The number of aryl methyl sites for hydroxylation is 3. The molecule has 0 bridgehead atoms. The molecule has 0 amide bonds. The van der Waals surface area contributed by atoms with Crippen molar-refractivity contribution in [3.05, 3.63) is 82.4 Å². The minimum Gasteiger partial charge on any atom is -0.488 e. The maximum absolute atomic E-state index is 14.0. The van der Waals surface area contributed by atoms with E-state index in [0.717, 1.165) is 38.9 Å². The first kappa shape index (κ1) is 36.9. The first-order chi connectivity index (χ1) is 23.7. The Labute approximate surface area is 293 Å². The van der Waals surface area contributed by atoms with E-state index in [-0.39, 0.29) is 42.8 Å². The zero-order valence-corrected chi connectivity index (χ0v) is 30.3. The van der Waals surface area contributed by atoms with Crippen LogP contribution in [0.3, 0.4) is 0 Å². The van der Waals surface area contributed by atoms with Crippen molar-refractivity contribution in [3.8, 4) is 5.75 Å². The van der Waals surface area contributed by atoms with E-state index in [1.54, 1.807) is 24.3 Å². The van der Waals surface area contributed by atoms with Crippen molar-refractivity contribution in [1.29, 1.82) is 0 Å². The van der Waals surface area contributed by atoms with Crippen molar-refractivity contribution in [2.75, 3.05) is 13.1 Å². The van der Waals surface area contributed by atoms with Gasteiger partial charge in [0.25, 0.3) is 0 Å². The predicted molar refractivity (Wildman–Crippen MR) is 190 cm³/mol. The van der Waals surface area contributed by atoms with Gasteiger partial charge in [-0.1, -0.05) is 62.4 Å². The fourth-order valence-electron chi connectivity index (χ4n) is 6.96. The SMILES string of the molecule is CC[C@@H]1CN(Cc2cc([C@@H](c3ccc4c(nnn4CC)c3C)C(C)(C)CNC(CC(=O)O)CC(=O)O)ccc2C)S(=O)(=O)c2ccccc2O1. The maximum atomic E-state index is 14.0. The van der Waals surface area contributed by atoms with Crippen LogP contribution in [0.25, 0.3) is 11.0 Å². The van der Waals surface area contributed by atoms with Crippen LogP contribution in [-0.4, -0.2) is 75.1 Å². The van der Waals surface area contributed by atoms with Crippen molar-refractivity contribution >= 4 is 33.0 Å². The summed E-state index contributed by atoms with van der Waals surface area (Å²) in [5.41, 5.74) is 5.76. The van der Waals surface area contributed by atoms with E-state index in [9.17, 15) is 28.2 Å². The van der Waals surface area contributed by atoms with Crippen LogP contribution >= 0.6 is 0 Å². The molecule has 0 saturated heterocycles. The van der Waals surface area contributed by atoms with Crippen LogP contribution in [-0.2, 0) is 32.7 Å². The van der Waals surface area contributed by atoms with Gasteiger partial charge in [0.15, 0.2) is 0 Å². The largest absolute Gasteiger partial charge is 0.488 e. The van der Waals surface area contributed by atoms with Gasteiger partial charge < -0.3 is 20.3 Å². The highest BCUT2D eigenvalue weighted by Gasteiger charge is 2.37. The van der Waals surface area contributed by atoms with Gasteiger partial charge in [-0.15, -0.1) is 5.10 Å². The van der Waals surface area contributed by atoms with Crippen LogP contribution in [0.1, 0.15) is 80.7 Å². The van der Waals surface area contributed by atoms with Crippen LogP contribution in [0.5, 0.6) is 5.75 Å². The molecule has 3 N–H and O–H groups in total. The second-order valence-corrected chi connectivity index (χ2v) is 15.7. The molecular formula is C37H47N5O7S. The van der Waals surface area contributed by atoms with E-state index in [2.05, 4.69) is 41.6 Å². The minimum absolute atomic E-state index is 0.143. The highest BCUT2D eigenvalue weighted by atomic mass is 32.2. The standard InChI is InChI=1S/C37H47N5O7S/c1-7-28-21-41(50(47,48)32-12-10-9-11-31(32)49-28)20-26-17-25(14-13-23(26)3)35(29-15-16-30-36(24(29)4)39-40-42(30)8-2)37(5,6)22-38-27(18-33(43)44)19-34(45)46/h9-17,27-28,35,38H,7-8,18-22H2,1-6H3,(H,43,44)(H,45,46)/t28-,35+/m1/s1. The summed E-state index contributed by atoms with van der Waals surface area (Å²) in [4.78, 5) is 23.3. The normalized spacial score (nSPS) is 16.9. The molecule has 0 saturated carbocycles. The number of sulfonamides is 1. The molecule has 1 aromatic heterocycles. The van der Waals surface area contributed by atoms with Crippen molar-refractivity contribution in [1.82, 2.24) is 24.6 Å². The summed E-state index contributed by atoms with van der Waals surface area (Å²) in [7, 11) is -3.88. The quantitative estimate of drug-likeness (QED) is 0.153. The number of hydrogen-bond donors (Lipinski definition) is 3. The summed E-state index contributed by atoms with van der Waals surface area (Å²) in [5, 5.41) is 31.0. The van der Waals surface area contributed by atoms with Gasteiger partial charge in [0.1, 0.15) is 22.3 Å². The van der Waals surface area contributed by atoms with Crippen molar-refractivity contribution in [2.24, 2.45) is 5.41 Å². The zero-order valence-electron chi connectivity index (χ0n) is 29.5. The molecule has 1 aliphatic rings. The third-order valence-corrected chi connectivity index (χ3v) is 11.6. The predicted octanol–water partition coefficient (Wildman–Crippen LogP) is 5.50. The fraction of sp³-hybridized carbons (Fsp3) is 0.459. The maximum Gasteiger partial charge on any atom is 0.304 e. The number of nitrogens with zero attached hydrogens (tertiary/aromatic N) is 4. The number of benzene rings is 3. The Morgan fingerprint density at radius 1 is 1.04 bits per heavy atom. The molecule has 2 atom stereocenters. The number of aromatic nitrogens is 3. The molecule has 13 heteroatoms. The fourth-order valence-corrected chi connectivity index (χ4v) is 8.53. The van der Waals surface area contributed by atoms with Gasteiger partial charge in [-0.05, 0) is 78.6 Å². The Hall–Kier alpha value is -4.33. The molecule has 2 heterocycles. The van der Waals surface area contributed by atoms with E-state index in [1.807, 2.05) is 50.6 Å². The number of fused-ring (bicyclic) bond motifs is 2. The molecule has 3 aromatic carbocycles. The van der Waals surface area contributed by atoms with E-state index in [1.165, 1.54) is 4.31 Å². The Bertz CT molecular complexity index is 1980. The lowest BCUT2D eigenvalue weighted by Crippen LogP contribution is -2.42. The van der Waals surface area contributed by atoms with Gasteiger partial charge >= 0.3 is 11.9 Å². The summed E-state index contributed by atoms with van der Waals surface area (Å²) in [6, 6.07) is 16.2. The lowest BCUT2D eigenvalue weighted by atomic mass is 9.69. The summed E-state index contributed by atoms with van der Waals surface area (Å²) in [5.74, 6) is -2.09. The molecule has 4 aromatic rings. The van der Waals surface area contributed by atoms with Gasteiger partial charge in [0, 0.05) is 31.6 Å². The average Bonchev–Trinajstić information content (AvgIpc) is 3.45. The molecular weight excluding hydrogens is 659 g/mol. The van der Waals surface area contributed by atoms with Gasteiger partial charge in [0.05, 0.1) is 24.9 Å². The number of ether oxygens (including phenoxy) is 1. The van der Waals surface area contributed by atoms with E-state index >= 15 is 0 Å². The second-order valence-electron chi connectivity index (χ2n) is 13.8. The Balaban J connectivity index is 1.59. The minimum atomic E-state index is -3.88. The number of para-hydroxylation sites is 1. The number of nitrogens with one attached hydrogen (secondary N) is 1. The van der Waals surface area contributed by atoms with Crippen molar-refractivity contribution in [2.45, 2.75) is 96.9 Å². The Morgan fingerprint density at radius 3 is 2.40 bits per heavy atom. The highest BCUT2D eigenvalue weighted by molar-refractivity contribution is 7.89. The molecule has 0 radical (unpaired) electrons. The van der Waals surface area contributed by atoms with Crippen LogP contribution in [0.2, 0.25) is 0 Å². The van der Waals surface area contributed by atoms with Crippen LogP contribution in [0.4, 0.5) is 0 Å². The number of hydrogen-bond acceptors (Lipinski definition) is 8. The third-order valence-electron chi connectivity index (χ3n) is 9.74. The van der Waals surface area contributed by atoms with Crippen LogP contribution in [0, 0.1) is 19.3 Å². The molecule has 0 fully saturated rings. The molecule has 0 aliphatic carbocycles. The lowest BCUT2D eigenvalue weighted by Gasteiger charge is -2.38. The second kappa shape index (κ2) is 14.9. The Kier molecular flexibility index (Phi) is 11.0. The van der Waals surface area contributed by atoms with E-state index in [4.69, 9.17) is 4.74 Å². The van der Waals surface area contributed by atoms with Gasteiger partial charge in [-0.2, -0.15) is 4.31 Å². The molecule has 0 spiro atoms. The first-order valence-electron chi connectivity index (χ1n) is 17.0. The summed E-state index contributed by atoms with van der Waals surface area (Å²) < 4.78 is 37.6. The van der Waals surface area contributed by atoms with E-state index < -0.39 is 33.4 Å². The highest BCUT2D eigenvalue weighted by Crippen LogP contribution is 2.44. The molecule has 0 unspecified atom stereocenters. The van der Waals surface area contributed by atoms with Crippen molar-refractivity contribution in [3.63, 3.8) is 0 Å². The average molecular weight is 706 g/mol. The summed E-state index contributed by atoms with van der Waals surface area (Å²) >= 11 is 0. The van der Waals surface area contributed by atoms with E-state index in [0.29, 0.717) is 25.3 Å². The smallest absolute Gasteiger partial charge is 0.304 e. The topological polar surface area (TPSA) is 164 Å². The number of carbonyl (C=O) groups is 2. The first-order valence-corrected chi connectivity index (χ1v) is 18.4. The number of carboxylic acids is 2. The van der Waals surface area contributed by atoms with Crippen LogP contribution in [0.15, 0.2) is 59.5 Å². The Morgan fingerprint density at radius 2 is 1.74 bits per heavy atom. The lowest BCUT2D eigenvalue weighted by molar-refractivity contribution is -0.139. The van der Waals surface area contributed by atoms with Gasteiger partial charge in [0.2, 0.25) is 10.0 Å². The monoisotopic (exact) mass is 705 g/mol. The molecule has 5 rings (SSSR count). The molecule has 1 aliphatic heterocycles. The summed E-state index contributed by atoms with van der Waals surface area (Å²) in [6.45, 7) is 13.4. The van der Waals surface area contributed by atoms with Crippen LogP contribution < -0.4 is 10.1 Å².